The molecule has 0 aliphatic heterocycles. The highest BCUT2D eigenvalue weighted by Gasteiger charge is 2.17. The standard InChI is InChI=1S/C15H17NO3/c1-8(2)16-7-13(10(4)17)12-6-11(15(18)19)9(3)5-14(12)16/h5-8H,1-4H3,(H,18,19). The Morgan fingerprint density at radius 3 is 2.32 bits per heavy atom. The lowest BCUT2D eigenvalue weighted by atomic mass is 10.0. The van der Waals surface area contributed by atoms with E-state index in [0.717, 1.165) is 5.52 Å². The van der Waals surface area contributed by atoms with Crippen LogP contribution in [0, 0.1) is 6.92 Å². The van der Waals surface area contributed by atoms with Gasteiger partial charge < -0.3 is 9.67 Å². The number of hydrogen-bond donors (Lipinski definition) is 1. The normalized spacial score (nSPS) is 11.2. The van der Waals surface area contributed by atoms with Gasteiger partial charge in [-0.2, -0.15) is 0 Å². The van der Waals surface area contributed by atoms with E-state index in [-0.39, 0.29) is 17.4 Å². The van der Waals surface area contributed by atoms with Gasteiger partial charge in [0.2, 0.25) is 0 Å². The monoisotopic (exact) mass is 259 g/mol. The van der Waals surface area contributed by atoms with E-state index in [4.69, 9.17) is 0 Å². The van der Waals surface area contributed by atoms with Crippen molar-refractivity contribution in [2.75, 3.05) is 0 Å². The molecule has 2 aromatic rings. The molecule has 1 N–H and O–H groups in total. The van der Waals surface area contributed by atoms with Crippen LogP contribution in [0.3, 0.4) is 0 Å². The van der Waals surface area contributed by atoms with Crippen LogP contribution in [0.5, 0.6) is 0 Å². The molecule has 0 spiro atoms. The first-order valence-electron chi connectivity index (χ1n) is 6.22. The number of rotatable bonds is 3. The molecule has 0 fully saturated rings. The summed E-state index contributed by atoms with van der Waals surface area (Å²) in [5.41, 5.74) is 2.43. The van der Waals surface area contributed by atoms with Crippen LogP contribution in [0.1, 0.15) is 53.1 Å². The molecule has 0 bridgehead atoms. The Kier molecular flexibility index (Phi) is 3.18. The van der Waals surface area contributed by atoms with Gasteiger partial charge >= 0.3 is 5.97 Å². The third kappa shape index (κ3) is 2.14. The maximum atomic E-state index is 11.7. The van der Waals surface area contributed by atoms with Gasteiger partial charge in [0.25, 0.3) is 0 Å². The lowest BCUT2D eigenvalue weighted by molar-refractivity contribution is 0.0696. The summed E-state index contributed by atoms with van der Waals surface area (Å²) in [6.45, 7) is 7.33. The van der Waals surface area contributed by atoms with Crippen molar-refractivity contribution in [2.24, 2.45) is 0 Å². The molecule has 0 amide bonds. The van der Waals surface area contributed by atoms with Crippen molar-refractivity contribution in [1.29, 1.82) is 0 Å². The molecule has 0 atom stereocenters. The van der Waals surface area contributed by atoms with E-state index >= 15 is 0 Å². The number of carboxylic acids is 1. The number of aromatic carboxylic acids is 1. The van der Waals surface area contributed by atoms with Gasteiger partial charge in [-0.25, -0.2) is 4.79 Å². The van der Waals surface area contributed by atoms with Crippen molar-refractivity contribution >= 4 is 22.7 Å². The molecule has 0 saturated heterocycles. The molecule has 1 aromatic heterocycles. The van der Waals surface area contributed by atoms with Gasteiger partial charge in [0.1, 0.15) is 0 Å². The fourth-order valence-corrected chi connectivity index (χ4v) is 2.34. The SMILES string of the molecule is CC(=O)c1cn(C(C)C)c2cc(C)c(C(=O)O)cc12. The van der Waals surface area contributed by atoms with Gasteiger partial charge in [-0.3, -0.25) is 4.79 Å². The Hall–Kier alpha value is -2.10. The molecule has 0 aliphatic rings. The van der Waals surface area contributed by atoms with Crippen LogP contribution in [0.2, 0.25) is 0 Å². The summed E-state index contributed by atoms with van der Waals surface area (Å²) in [6, 6.07) is 3.65. The summed E-state index contributed by atoms with van der Waals surface area (Å²) in [6.07, 6.45) is 1.81. The molecule has 0 saturated carbocycles. The maximum absolute atomic E-state index is 11.7. The van der Waals surface area contributed by atoms with Gasteiger partial charge in [-0.1, -0.05) is 0 Å². The van der Waals surface area contributed by atoms with Crippen LogP contribution >= 0.6 is 0 Å². The van der Waals surface area contributed by atoms with E-state index in [1.165, 1.54) is 6.92 Å². The van der Waals surface area contributed by atoms with Crippen molar-refractivity contribution in [1.82, 2.24) is 4.57 Å². The molecular weight excluding hydrogens is 242 g/mol. The quantitative estimate of drug-likeness (QED) is 0.859. The van der Waals surface area contributed by atoms with Gasteiger partial charge in [-0.05, 0) is 45.4 Å². The lowest BCUT2D eigenvalue weighted by Gasteiger charge is -2.10. The summed E-state index contributed by atoms with van der Waals surface area (Å²) < 4.78 is 2.00. The van der Waals surface area contributed by atoms with Crippen molar-refractivity contribution in [3.8, 4) is 0 Å². The molecule has 2 rings (SSSR count). The predicted molar refractivity (Wildman–Crippen MR) is 74.0 cm³/mol. The first-order chi connectivity index (χ1) is 8.82. The summed E-state index contributed by atoms with van der Waals surface area (Å²) in [7, 11) is 0. The van der Waals surface area contributed by atoms with Crippen LogP contribution < -0.4 is 0 Å². The number of Topliss-reactive ketones (excluding diaryl/α,β-unsaturated/α-hetero) is 1. The number of aryl methyl sites for hydroxylation is 1. The smallest absolute Gasteiger partial charge is 0.335 e. The van der Waals surface area contributed by atoms with Crippen LogP contribution in [0.4, 0.5) is 0 Å². The van der Waals surface area contributed by atoms with E-state index in [9.17, 15) is 14.7 Å². The minimum absolute atomic E-state index is 0.0513. The van der Waals surface area contributed by atoms with E-state index in [2.05, 4.69) is 0 Å². The number of nitrogens with zero attached hydrogens (tertiary/aromatic N) is 1. The minimum atomic E-state index is -0.966. The molecule has 1 aromatic carbocycles. The Morgan fingerprint density at radius 1 is 1.21 bits per heavy atom. The Balaban J connectivity index is 2.87. The average molecular weight is 259 g/mol. The lowest BCUT2D eigenvalue weighted by Crippen LogP contribution is -2.02. The highest BCUT2D eigenvalue weighted by Crippen LogP contribution is 2.28. The van der Waals surface area contributed by atoms with Crippen molar-refractivity contribution in [3.63, 3.8) is 0 Å². The molecule has 0 aliphatic carbocycles. The number of fused-ring (bicyclic) bond motifs is 1. The number of carbonyl (C=O) groups is 2. The zero-order valence-electron chi connectivity index (χ0n) is 11.5. The zero-order valence-corrected chi connectivity index (χ0v) is 11.5. The number of benzene rings is 1. The van der Waals surface area contributed by atoms with E-state index in [0.29, 0.717) is 16.5 Å². The second kappa shape index (κ2) is 4.53. The summed E-state index contributed by atoms with van der Waals surface area (Å²) in [5.74, 6) is -1.02. The second-order valence-electron chi connectivity index (χ2n) is 5.09. The van der Waals surface area contributed by atoms with Gasteiger partial charge in [0, 0.05) is 28.7 Å². The molecule has 0 radical (unpaired) electrons. The number of carbonyl (C=O) groups excluding carboxylic acids is 1. The van der Waals surface area contributed by atoms with Crippen LogP contribution in [-0.2, 0) is 0 Å². The third-order valence-corrected chi connectivity index (χ3v) is 3.35. The largest absolute Gasteiger partial charge is 0.478 e. The van der Waals surface area contributed by atoms with Crippen LogP contribution in [0.25, 0.3) is 10.9 Å². The maximum Gasteiger partial charge on any atom is 0.335 e. The molecule has 1 heterocycles. The number of ketones is 1. The van der Waals surface area contributed by atoms with Gasteiger partial charge in [0.05, 0.1) is 5.56 Å². The van der Waals surface area contributed by atoms with Crippen molar-refractivity contribution in [3.05, 3.63) is 35.0 Å². The molecule has 4 heteroatoms. The number of carboxylic acid groups (broad SMARTS) is 1. The predicted octanol–water partition coefficient (Wildman–Crippen LogP) is 3.43. The fraction of sp³-hybridized carbons (Fsp3) is 0.333. The van der Waals surface area contributed by atoms with Gasteiger partial charge in [-0.15, -0.1) is 0 Å². The van der Waals surface area contributed by atoms with E-state index < -0.39 is 5.97 Å². The minimum Gasteiger partial charge on any atom is -0.478 e. The Labute approximate surface area is 111 Å². The van der Waals surface area contributed by atoms with Crippen molar-refractivity contribution < 1.29 is 14.7 Å². The molecule has 4 nitrogen and oxygen atoms in total. The zero-order chi connectivity index (χ0) is 14.3. The summed E-state index contributed by atoms with van der Waals surface area (Å²) in [4.78, 5) is 22.9. The van der Waals surface area contributed by atoms with Crippen molar-refractivity contribution in [2.45, 2.75) is 33.7 Å². The highest BCUT2D eigenvalue weighted by atomic mass is 16.4. The van der Waals surface area contributed by atoms with Crippen LogP contribution in [0.15, 0.2) is 18.3 Å². The molecular formula is C15H17NO3. The summed E-state index contributed by atoms with van der Waals surface area (Å²) >= 11 is 0. The third-order valence-electron chi connectivity index (χ3n) is 3.35. The average Bonchev–Trinajstić information content (AvgIpc) is 2.66. The molecule has 0 unspecified atom stereocenters. The first-order valence-corrected chi connectivity index (χ1v) is 6.22. The van der Waals surface area contributed by atoms with Gasteiger partial charge in [0.15, 0.2) is 5.78 Å². The van der Waals surface area contributed by atoms with E-state index in [1.54, 1.807) is 13.0 Å². The van der Waals surface area contributed by atoms with Crippen LogP contribution in [-0.4, -0.2) is 21.4 Å². The topological polar surface area (TPSA) is 59.3 Å². The number of aromatic nitrogens is 1. The number of hydrogen-bond acceptors (Lipinski definition) is 2. The second-order valence-corrected chi connectivity index (χ2v) is 5.09. The Bertz CT molecular complexity index is 680. The first kappa shape index (κ1) is 13.3. The Morgan fingerprint density at radius 2 is 1.84 bits per heavy atom. The fourth-order valence-electron chi connectivity index (χ4n) is 2.34. The van der Waals surface area contributed by atoms with E-state index in [1.807, 2.05) is 30.7 Å². The molecule has 19 heavy (non-hydrogen) atoms. The highest BCUT2D eigenvalue weighted by molar-refractivity contribution is 6.09. The summed E-state index contributed by atoms with van der Waals surface area (Å²) in [5, 5.41) is 9.89. The molecule has 100 valence electrons.